The highest BCUT2D eigenvalue weighted by Crippen LogP contribution is 2.35. The number of hydrogen-bond donors (Lipinski definition) is 0. The molecule has 0 N–H and O–H groups in total. The summed E-state index contributed by atoms with van der Waals surface area (Å²) in [4.78, 5) is 12.7. The number of nitro benzene ring substituents is 1. The number of nitro groups is 1. The Morgan fingerprint density at radius 2 is 1.79 bits per heavy atom. The third-order valence-corrected chi connectivity index (χ3v) is 6.35. The zero-order valence-electron chi connectivity index (χ0n) is 15.1. The Morgan fingerprint density at radius 1 is 1.11 bits per heavy atom. The molecule has 1 heterocycles. The van der Waals surface area contributed by atoms with Gasteiger partial charge in [-0.3, -0.25) is 10.1 Å². The zero-order valence-corrected chi connectivity index (χ0v) is 15.9. The first-order valence-electron chi connectivity index (χ1n) is 8.47. The molecule has 0 bridgehead atoms. The second-order valence-corrected chi connectivity index (χ2v) is 8.24. The fourth-order valence-corrected chi connectivity index (χ4v) is 4.27. The van der Waals surface area contributed by atoms with Crippen LogP contribution in [0.2, 0.25) is 0 Å². The predicted molar refractivity (Wildman–Crippen MR) is 101 cm³/mol. The molecule has 1 aliphatic heterocycles. The van der Waals surface area contributed by atoms with E-state index in [0.29, 0.717) is 26.2 Å². The summed E-state index contributed by atoms with van der Waals surface area (Å²) >= 11 is 0. The van der Waals surface area contributed by atoms with E-state index in [1.54, 1.807) is 12.1 Å². The third-order valence-electron chi connectivity index (χ3n) is 4.45. The smallest absolute Gasteiger partial charge is 0.312 e. The number of ether oxygens (including phenoxy) is 1. The van der Waals surface area contributed by atoms with Gasteiger partial charge < -0.3 is 9.64 Å². The van der Waals surface area contributed by atoms with Crippen molar-refractivity contribution < 1.29 is 18.1 Å². The quantitative estimate of drug-likeness (QED) is 0.556. The molecule has 0 unspecified atom stereocenters. The van der Waals surface area contributed by atoms with Crippen LogP contribution in [-0.2, 0) is 10.0 Å². The van der Waals surface area contributed by atoms with Crippen molar-refractivity contribution in [1.82, 2.24) is 9.21 Å². The van der Waals surface area contributed by atoms with Gasteiger partial charge in [-0.15, -0.1) is 0 Å². The SMILES string of the molecule is CN1CCN(S(=O)(=O)c2ccc(Oc3ccccc3C#N)c([N+](=O)[O-])c2)CC1. The number of rotatable bonds is 5. The Balaban J connectivity index is 1.96. The molecule has 2 aromatic rings. The first-order chi connectivity index (χ1) is 13.3. The molecule has 28 heavy (non-hydrogen) atoms. The minimum absolute atomic E-state index is 0.134. The molecule has 1 saturated heterocycles. The van der Waals surface area contributed by atoms with Gasteiger partial charge in [0.25, 0.3) is 0 Å². The van der Waals surface area contributed by atoms with Gasteiger partial charge in [0.15, 0.2) is 0 Å². The van der Waals surface area contributed by atoms with E-state index in [0.717, 1.165) is 6.07 Å². The molecule has 1 fully saturated rings. The highest BCUT2D eigenvalue weighted by atomic mass is 32.2. The van der Waals surface area contributed by atoms with Crippen molar-refractivity contribution in [3.05, 3.63) is 58.1 Å². The van der Waals surface area contributed by atoms with E-state index >= 15 is 0 Å². The van der Waals surface area contributed by atoms with Gasteiger partial charge in [0.1, 0.15) is 11.8 Å². The molecule has 0 spiro atoms. The van der Waals surface area contributed by atoms with Gasteiger partial charge in [0, 0.05) is 32.2 Å². The van der Waals surface area contributed by atoms with Crippen LogP contribution in [0.3, 0.4) is 0 Å². The summed E-state index contributed by atoms with van der Waals surface area (Å²) in [5.74, 6) is 0.0211. The highest BCUT2D eigenvalue weighted by molar-refractivity contribution is 7.89. The molecule has 0 aromatic heterocycles. The van der Waals surface area contributed by atoms with Crippen molar-refractivity contribution in [2.75, 3.05) is 33.2 Å². The average molecular weight is 402 g/mol. The second kappa shape index (κ2) is 7.93. The highest BCUT2D eigenvalue weighted by Gasteiger charge is 2.30. The van der Waals surface area contributed by atoms with Crippen molar-refractivity contribution in [2.24, 2.45) is 0 Å². The van der Waals surface area contributed by atoms with E-state index in [9.17, 15) is 18.5 Å². The van der Waals surface area contributed by atoms with Crippen LogP contribution in [0.1, 0.15) is 5.56 Å². The van der Waals surface area contributed by atoms with Gasteiger partial charge in [0.05, 0.1) is 15.4 Å². The molecule has 0 radical (unpaired) electrons. The number of hydrogen-bond acceptors (Lipinski definition) is 7. The number of nitrogens with zero attached hydrogens (tertiary/aromatic N) is 4. The second-order valence-electron chi connectivity index (χ2n) is 6.30. The molecule has 9 nitrogen and oxygen atoms in total. The predicted octanol–water partition coefficient (Wildman–Crippen LogP) is 2.19. The largest absolute Gasteiger partial charge is 0.449 e. The van der Waals surface area contributed by atoms with E-state index in [-0.39, 0.29) is 22.0 Å². The monoisotopic (exact) mass is 402 g/mol. The summed E-state index contributed by atoms with van der Waals surface area (Å²) in [5, 5.41) is 20.6. The number of sulfonamides is 1. The first kappa shape index (κ1) is 19.8. The van der Waals surface area contributed by atoms with Crippen LogP contribution in [0.15, 0.2) is 47.4 Å². The van der Waals surface area contributed by atoms with Gasteiger partial charge in [-0.2, -0.15) is 9.57 Å². The van der Waals surface area contributed by atoms with Crippen molar-refractivity contribution in [1.29, 1.82) is 5.26 Å². The molecule has 0 atom stereocenters. The Bertz CT molecular complexity index is 1040. The van der Waals surface area contributed by atoms with Gasteiger partial charge in [0.2, 0.25) is 15.8 Å². The first-order valence-corrected chi connectivity index (χ1v) is 9.91. The van der Waals surface area contributed by atoms with Crippen molar-refractivity contribution in [2.45, 2.75) is 4.90 Å². The summed E-state index contributed by atoms with van der Waals surface area (Å²) < 4.78 is 32.5. The summed E-state index contributed by atoms with van der Waals surface area (Å²) in [5.41, 5.74) is -0.270. The Kier molecular flexibility index (Phi) is 5.60. The van der Waals surface area contributed by atoms with E-state index in [2.05, 4.69) is 0 Å². The standard InChI is InChI=1S/C18H18N4O5S/c1-20-8-10-21(11-9-20)28(25,26)15-6-7-18(16(12-15)22(23)24)27-17-5-3-2-4-14(17)13-19/h2-7,12H,8-11H2,1H3. The molecule has 0 amide bonds. The summed E-state index contributed by atoms with van der Waals surface area (Å²) in [7, 11) is -1.95. The van der Waals surface area contributed by atoms with Crippen LogP contribution in [0.5, 0.6) is 11.5 Å². The van der Waals surface area contributed by atoms with Crippen LogP contribution < -0.4 is 4.74 Å². The topological polar surface area (TPSA) is 117 Å². The van der Waals surface area contributed by atoms with Gasteiger partial charge >= 0.3 is 5.69 Å². The lowest BCUT2D eigenvalue weighted by atomic mass is 10.2. The minimum Gasteiger partial charge on any atom is -0.449 e. The van der Waals surface area contributed by atoms with Crippen LogP contribution in [0.4, 0.5) is 5.69 Å². The fraction of sp³-hybridized carbons (Fsp3) is 0.278. The van der Waals surface area contributed by atoms with Crippen LogP contribution in [-0.4, -0.2) is 55.8 Å². The van der Waals surface area contributed by atoms with Crippen molar-refractivity contribution in [3.63, 3.8) is 0 Å². The normalized spacial score (nSPS) is 15.7. The molecule has 146 valence electrons. The molecule has 0 saturated carbocycles. The molecule has 10 heteroatoms. The number of para-hydroxylation sites is 1. The lowest BCUT2D eigenvalue weighted by molar-refractivity contribution is -0.385. The lowest BCUT2D eigenvalue weighted by Crippen LogP contribution is -2.47. The van der Waals surface area contributed by atoms with Gasteiger partial charge in [-0.05, 0) is 31.3 Å². The Morgan fingerprint density at radius 3 is 2.43 bits per heavy atom. The maximum Gasteiger partial charge on any atom is 0.312 e. The van der Waals surface area contributed by atoms with Crippen LogP contribution >= 0.6 is 0 Å². The molecule has 1 aliphatic rings. The molecular formula is C18H18N4O5S. The van der Waals surface area contributed by atoms with E-state index in [1.807, 2.05) is 18.0 Å². The molecule has 3 rings (SSSR count). The molecular weight excluding hydrogens is 384 g/mol. The summed E-state index contributed by atoms with van der Waals surface area (Å²) in [6, 6.07) is 11.8. The van der Waals surface area contributed by atoms with Crippen molar-refractivity contribution in [3.8, 4) is 17.6 Å². The average Bonchev–Trinajstić information content (AvgIpc) is 2.68. The third kappa shape index (κ3) is 3.96. The Labute approximate surface area is 162 Å². The zero-order chi connectivity index (χ0) is 20.3. The number of benzene rings is 2. The summed E-state index contributed by atoms with van der Waals surface area (Å²) in [6.45, 7) is 1.82. The maximum atomic E-state index is 12.8. The fourth-order valence-electron chi connectivity index (χ4n) is 2.83. The van der Waals surface area contributed by atoms with E-state index < -0.39 is 20.6 Å². The van der Waals surface area contributed by atoms with Gasteiger partial charge in [-0.25, -0.2) is 8.42 Å². The minimum atomic E-state index is -3.85. The van der Waals surface area contributed by atoms with Crippen LogP contribution in [0.25, 0.3) is 0 Å². The molecule has 2 aromatic carbocycles. The number of piperazine rings is 1. The number of likely N-dealkylation sites (N-methyl/N-ethyl adjacent to an activating group) is 1. The number of nitriles is 1. The van der Waals surface area contributed by atoms with Gasteiger partial charge in [-0.1, -0.05) is 12.1 Å². The summed E-state index contributed by atoms with van der Waals surface area (Å²) in [6.07, 6.45) is 0. The van der Waals surface area contributed by atoms with E-state index in [1.165, 1.54) is 28.6 Å². The molecule has 0 aliphatic carbocycles. The maximum absolute atomic E-state index is 12.8. The Hall–Kier alpha value is -3.00. The van der Waals surface area contributed by atoms with Crippen LogP contribution in [0, 0.1) is 21.4 Å². The van der Waals surface area contributed by atoms with Crippen molar-refractivity contribution >= 4 is 15.7 Å². The van der Waals surface area contributed by atoms with E-state index in [4.69, 9.17) is 10.00 Å². The lowest BCUT2D eigenvalue weighted by Gasteiger charge is -2.31.